The quantitative estimate of drug-likeness (QED) is 0.514. The van der Waals surface area contributed by atoms with Crippen molar-refractivity contribution in [3.05, 3.63) is 47.5 Å². The van der Waals surface area contributed by atoms with Crippen LogP contribution in [0.3, 0.4) is 0 Å². The van der Waals surface area contributed by atoms with Crippen LogP contribution in [0.1, 0.15) is 56.7 Å². The molecule has 7 nitrogen and oxygen atoms in total. The number of anilines is 1. The molecule has 0 spiro atoms. The zero-order valence-electron chi connectivity index (χ0n) is 20.9. The van der Waals surface area contributed by atoms with Crippen LogP contribution in [0.5, 0.6) is 0 Å². The lowest BCUT2D eigenvalue weighted by atomic mass is 9.89. The van der Waals surface area contributed by atoms with Crippen LogP contribution in [0.4, 0.5) is 14.7 Å². The summed E-state index contributed by atoms with van der Waals surface area (Å²) in [6, 6.07) is 5.41. The van der Waals surface area contributed by atoms with E-state index >= 15 is 0 Å². The summed E-state index contributed by atoms with van der Waals surface area (Å²) in [6.07, 6.45) is 2.75. The third kappa shape index (κ3) is 4.92. The van der Waals surface area contributed by atoms with E-state index in [1.54, 1.807) is 0 Å². The number of rotatable bonds is 6. The van der Waals surface area contributed by atoms with Crippen molar-refractivity contribution in [2.75, 3.05) is 31.6 Å². The number of likely N-dealkylation sites (tertiary alicyclic amines) is 1. The van der Waals surface area contributed by atoms with Gasteiger partial charge in [-0.2, -0.15) is 0 Å². The fourth-order valence-corrected chi connectivity index (χ4v) is 5.34. The number of nitrogens with zero attached hydrogens (tertiary/aromatic N) is 4. The summed E-state index contributed by atoms with van der Waals surface area (Å²) < 4.78 is 34.1. The Morgan fingerprint density at radius 3 is 2.72 bits per heavy atom. The van der Waals surface area contributed by atoms with Crippen LogP contribution in [-0.4, -0.2) is 69.6 Å². The van der Waals surface area contributed by atoms with Gasteiger partial charge in [-0.25, -0.2) is 18.7 Å². The second kappa shape index (κ2) is 10.3. The minimum atomic E-state index is -0.791. The van der Waals surface area contributed by atoms with E-state index in [4.69, 9.17) is 9.72 Å². The lowest BCUT2D eigenvalue weighted by molar-refractivity contribution is -0.0136. The molecular formula is C27H33F2N5O2. The van der Waals surface area contributed by atoms with Gasteiger partial charge in [0.15, 0.2) is 5.82 Å². The van der Waals surface area contributed by atoms with Crippen molar-refractivity contribution in [1.29, 1.82) is 0 Å². The minimum Gasteiger partial charge on any atom is -0.389 e. The molecule has 0 radical (unpaired) electrons. The van der Waals surface area contributed by atoms with Crippen LogP contribution < -0.4 is 5.32 Å². The number of ether oxygens (including phenoxy) is 1. The highest BCUT2D eigenvalue weighted by Crippen LogP contribution is 2.37. The Morgan fingerprint density at radius 1 is 1.17 bits per heavy atom. The molecule has 1 aromatic carbocycles. The number of halogens is 2. The fourth-order valence-electron chi connectivity index (χ4n) is 5.34. The highest BCUT2D eigenvalue weighted by atomic mass is 19.1. The molecule has 2 aromatic heterocycles. The first-order valence-corrected chi connectivity index (χ1v) is 12.7. The molecule has 9 heteroatoms. The first-order valence-electron chi connectivity index (χ1n) is 12.7. The molecule has 36 heavy (non-hydrogen) atoms. The molecule has 2 fully saturated rings. The van der Waals surface area contributed by atoms with E-state index in [1.807, 2.05) is 24.4 Å². The van der Waals surface area contributed by atoms with E-state index in [2.05, 4.69) is 41.0 Å². The molecule has 2 aliphatic rings. The topological polar surface area (TPSA) is 83.4 Å². The van der Waals surface area contributed by atoms with Gasteiger partial charge in [0, 0.05) is 42.9 Å². The molecule has 0 aliphatic carbocycles. The van der Waals surface area contributed by atoms with Gasteiger partial charge < -0.3 is 15.2 Å². The number of aromatic nitrogens is 3. The average Bonchev–Trinajstić information content (AvgIpc) is 3.31. The van der Waals surface area contributed by atoms with Crippen molar-refractivity contribution in [2.24, 2.45) is 0 Å². The predicted molar refractivity (Wildman–Crippen MR) is 135 cm³/mol. The third-order valence-electron chi connectivity index (χ3n) is 7.34. The Labute approximate surface area is 209 Å². The van der Waals surface area contributed by atoms with Gasteiger partial charge in [0.2, 0.25) is 5.95 Å². The number of fused-ring (bicyclic) bond motifs is 1. The Kier molecular flexibility index (Phi) is 7.14. The highest BCUT2D eigenvalue weighted by molar-refractivity contribution is 5.88. The number of alkyl halides is 1. The Bertz CT molecular complexity index is 1240. The van der Waals surface area contributed by atoms with Crippen LogP contribution in [-0.2, 0) is 4.74 Å². The van der Waals surface area contributed by atoms with Gasteiger partial charge in [0.05, 0.1) is 30.5 Å². The van der Waals surface area contributed by atoms with Gasteiger partial charge in [0.25, 0.3) is 0 Å². The fraction of sp³-hybridized carbons (Fsp3) is 0.519. The molecule has 3 aromatic rings. The van der Waals surface area contributed by atoms with Crippen molar-refractivity contribution < 1.29 is 18.6 Å². The van der Waals surface area contributed by atoms with Crippen LogP contribution >= 0.6 is 0 Å². The maximum absolute atomic E-state index is 14.9. The number of benzene rings is 1. The van der Waals surface area contributed by atoms with Crippen molar-refractivity contribution in [3.63, 3.8) is 0 Å². The SMILES string of the molecule is CC(C)c1c([C@H](C)N2CC[C@@H](F)C2)cnc2ccc(-c3nc(N[C@@H]4CCOC[C@H]4O)ncc3F)cc12. The Balaban J connectivity index is 1.53. The van der Waals surface area contributed by atoms with Gasteiger partial charge in [0.1, 0.15) is 11.9 Å². The van der Waals surface area contributed by atoms with Crippen molar-refractivity contribution >= 4 is 16.9 Å². The number of aliphatic hydroxyl groups is 1. The second-order valence-electron chi connectivity index (χ2n) is 10.1. The molecule has 2 saturated heterocycles. The number of pyridine rings is 1. The number of hydrogen-bond donors (Lipinski definition) is 2. The van der Waals surface area contributed by atoms with Gasteiger partial charge in [-0.05, 0) is 48.9 Å². The molecule has 4 atom stereocenters. The average molecular weight is 498 g/mol. The summed E-state index contributed by atoms with van der Waals surface area (Å²) in [5, 5.41) is 14.3. The zero-order valence-corrected chi connectivity index (χ0v) is 20.9. The molecule has 2 aliphatic heterocycles. The molecule has 0 bridgehead atoms. The van der Waals surface area contributed by atoms with Gasteiger partial charge >= 0.3 is 0 Å². The Hall–Kier alpha value is -2.75. The third-order valence-corrected chi connectivity index (χ3v) is 7.34. The first kappa shape index (κ1) is 24.9. The maximum atomic E-state index is 14.9. The summed E-state index contributed by atoms with van der Waals surface area (Å²) in [5.41, 5.74) is 3.83. The maximum Gasteiger partial charge on any atom is 0.223 e. The summed E-state index contributed by atoms with van der Waals surface area (Å²) >= 11 is 0. The number of nitrogens with one attached hydrogen (secondary N) is 1. The Morgan fingerprint density at radius 2 is 2.00 bits per heavy atom. The normalized spacial score (nSPS) is 23.9. The van der Waals surface area contributed by atoms with E-state index in [0.29, 0.717) is 31.6 Å². The van der Waals surface area contributed by atoms with Crippen molar-refractivity contribution in [2.45, 2.75) is 63.9 Å². The van der Waals surface area contributed by atoms with Crippen LogP contribution in [0.25, 0.3) is 22.2 Å². The van der Waals surface area contributed by atoms with Crippen LogP contribution in [0, 0.1) is 5.82 Å². The predicted octanol–water partition coefficient (Wildman–Crippen LogP) is 4.62. The molecule has 4 heterocycles. The summed E-state index contributed by atoms with van der Waals surface area (Å²) in [4.78, 5) is 15.4. The largest absolute Gasteiger partial charge is 0.389 e. The molecule has 192 valence electrons. The standard InChI is InChI=1S/C27H33F2N5O2/c1-15(2)25-19-10-17(4-5-22(19)30-11-20(25)16(3)34-8-6-18(28)13-34)26-21(29)12-31-27(33-26)32-23-7-9-36-14-24(23)35/h4-5,10-12,15-16,18,23-24,35H,6-9,13-14H2,1-3H3,(H,31,32,33)/t16-,18+,23+,24+/m0/s1. The van der Waals surface area contributed by atoms with E-state index in [1.165, 1.54) is 0 Å². The van der Waals surface area contributed by atoms with E-state index < -0.39 is 18.1 Å². The molecule has 0 unspecified atom stereocenters. The van der Waals surface area contributed by atoms with Gasteiger partial charge in [-0.15, -0.1) is 0 Å². The smallest absolute Gasteiger partial charge is 0.223 e. The van der Waals surface area contributed by atoms with Crippen molar-refractivity contribution in [3.8, 4) is 11.3 Å². The second-order valence-corrected chi connectivity index (χ2v) is 10.1. The molecule has 0 saturated carbocycles. The van der Waals surface area contributed by atoms with Crippen LogP contribution in [0.2, 0.25) is 0 Å². The van der Waals surface area contributed by atoms with Crippen LogP contribution in [0.15, 0.2) is 30.6 Å². The zero-order chi connectivity index (χ0) is 25.4. The molecular weight excluding hydrogens is 464 g/mol. The van der Waals surface area contributed by atoms with Gasteiger partial charge in [-0.3, -0.25) is 9.88 Å². The van der Waals surface area contributed by atoms with E-state index in [0.717, 1.165) is 34.8 Å². The highest BCUT2D eigenvalue weighted by Gasteiger charge is 2.29. The van der Waals surface area contributed by atoms with E-state index in [9.17, 15) is 13.9 Å². The number of aliphatic hydroxyl groups excluding tert-OH is 1. The summed E-state index contributed by atoms with van der Waals surface area (Å²) in [6.45, 7) is 8.29. The first-order chi connectivity index (χ1) is 17.3. The minimum absolute atomic E-state index is 0.0289. The lowest BCUT2D eigenvalue weighted by Gasteiger charge is -2.28. The van der Waals surface area contributed by atoms with E-state index in [-0.39, 0.29) is 36.3 Å². The summed E-state index contributed by atoms with van der Waals surface area (Å²) in [5.74, 6) is -0.0756. The van der Waals surface area contributed by atoms with Gasteiger partial charge in [-0.1, -0.05) is 19.9 Å². The molecule has 5 rings (SSSR count). The lowest BCUT2D eigenvalue weighted by Crippen LogP contribution is -2.42. The molecule has 2 N–H and O–H groups in total. The summed E-state index contributed by atoms with van der Waals surface area (Å²) in [7, 11) is 0. The molecule has 0 amide bonds. The van der Waals surface area contributed by atoms with Crippen molar-refractivity contribution in [1.82, 2.24) is 19.9 Å². The number of hydrogen-bond acceptors (Lipinski definition) is 7. The monoisotopic (exact) mass is 497 g/mol.